The highest BCUT2D eigenvalue weighted by molar-refractivity contribution is 7.91. The highest BCUT2D eigenvalue weighted by atomic mass is 32.2. The van der Waals surface area contributed by atoms with Gasteiger partial charge in [-0.05, 0) is 43.6 Å². The maximum Gasteiger partial charge on any atom is 0.337 e. The first-order valence-electron chi connectivity index (χ1n) is 8.49. The summed E-state index contributed by atoms with van der Waals surface area (Å²) >= 11 is 0. The Bertz CT molecular complexity index is 730. The smallest absolute Gasteiger partial charge is 0.337 e. The Balaban J connectivity index is 1.69. The van der Waals surface area contributed by atoms with E-state index < -0.39 is 21.9 Å². The molecule has 138 valence electrons. The third-order valence-corrected chi connectivity index (χ3v) is 7.10. The molecule has 0 heterocycles. The number of carbonyl (C=O) groups is 1. The molecule has 1 N–H and O–H groups in total. The van der Waals surface area contributed by atoms with Crippen LogP contribution < -0.4 is 4.74 Å². The summed E-state index contributed by atoms with van der Waals surface area (Å²) in [5.41, 5.74) is 0.503. The van der Waals surface area contributed by atoms with Crippen molar-refractivity contribution in [2.75, 3.05) is 13.4 Å². The normalized spacial score (nSPS) is 30.0. The van der Waals surface area contributed by atoms with E-state index in [2.05, 4.69) is 0 Å². The van der Waals surface area contributed by atoms with Gasteiger partial charge in [-0.2, -0.15) is 0 Å². The Morgan fingerprint density at radius 1 is 1.16 bits per heavy atom. The van der Waals surface area contributed by atoms with Crippen molar-refractivity contribution in [3.63, 3.8) is 0 Å². The van der Waals surface area contributed by atoms with Crippen LogP contribution in [-0.2, 0) is 19.4 Å². The highest BCUT2D eigenvalue weighted by Crippen LogP contribution is 2.48. The molecule has 0 aromatic heterocycles. The molecule has 2 aliphatic carbocycles. The van der Waals surface area contributed by atoms with Crippen LogP contribution in [0, 0.1) is 11.8 Å². The van der Waals surface area contributed by atoms with Crippen LogP contribution in [0.2, 0.25) is 0 Å². The highest BCUT2D eigenvalue weighted by Gasteiger charge is 2.46. The second-order valence-electron chi connectivity index (χ2n) is 7.13. The van der Waals surface area contributed by atoms with Gasteiger partial charge in [-0.15, -0.1) is 0 Å². The number of carboxylic acid groups (broad SMARTS) is 1. The molecule has 0 aliphatic heterocycles. The summed E-state index contributed by atoms with van der Waals surface area (Å²) in [6, 6.07) is 6.96. The third-order valence-electron chi connectivity index (χ3n) is 5.51. The summed E-state index contributed by atoms with van der Waals surface area (Å²) in [6.45, 7) is 0. The van der Waals surface area contributed by atoms with Gasteiger partial charge in [0.05, 0.1) is 18.5 Å². The van der Waals surface area contributed by atoms with E-state index in [0.717, 1.165) is 12.8 Å². The first-order chi connectivity index (χ1) is 11.8. The molecular formula is C18H24O6S. The predicted octanol–water partition coefficient (Wildman–Crippen LogP) is 2.44. The van der Waals surface area contributed by atoms with Gasteiger partial charge in [-0.25, -0.2) is 13.2 Å². The molecule has 1 aromatic rings. The number of ether oxygens (including phenoxy) is 2. The Morgan fingerprint density at radius 3 is 2.28 bits per heavy atom. The van der Waals surface area contributed by atoms with Crippen molar-refractivity contribution in [3.05, 3.63) is 29.8 Å². The van der Waals surface area contributed by atoms with E-state index >= 15 is 0 Å². The van der Waals surface area contributed by atoms with Crippen molar-refractivity contribution in [1.29, 1.82) is 0 Å². The van der Waals surface area contributed by atoms with Crippen LogP contribution in [0.3, 0.4) is 0 Å². The average Bonchev–Trinajstić information content (AvgIpc) is 3.10. The van der Waals surface area contributed by atoms with Crippen molar-refractivity contribution in [3.8, 4) is 5.75 Å². The molecule has 1 aromatic carbocycles. The Hall–Kier alpha value is -1.60. The standard InChI is InChI=1S/C18H24O6S/c1-23-16-6-4-3-5-15(16)17(18(19)20)24-13-7-11-9-14(25(2,21)22)10-12(11)8-13/h3-6,11-14,17H,7-10H2,1-2H3,(H,19,20)/t11-,12+,13?,14?,17?. The van der Waals surface area contributed by atoms with Crippen LogP contribution in [0.5, 0.6) is 5.75 Å². The van der Waals surface area contributed by atoms with Crippen LogP contribution >= 0.6 is 0 Å². The topological polar surface area (TPSA) is 89.9 Å². The van der Waals surface area contributed by atoms with Crippen LogP contribution in [0.25, 0.3) is 0 Å². The molecule has 3 rings (SSSR count). The zero-order chi connectivity index (χ0) is 18.2. The van der Waals surface area contributed by atoms with Crippen molar-refractivity contribution < 1.29 is 27.8 Å². The van der Waals surface area contributed by atoms with E-state index in [-0.39, 0.29) is 11.4 Å². The second-order valence-corrected chi connectivity index (χ2v) is 9.46. The van der Waals surface area contributed by atoms with Gasteiger partial charge in [-0.1, -0.05) is 18.2 Å². The van der Waals surface area contributed by atoms with E-state index in [9.17, 15) is 18.3 Å². The number of sulfone groups is 1. The molecule has 0 radical (unpaired) electrons. The van der Waals surface area contributed by atoms with Crippen LogP contribution in [0.4, 0.5) is 0 Å². The quantitative estimate of drug-likeness (QED) is 0.829. The fourth-order valence-corrected chi connectivity index (χ4v) is 5.50. The zero-order valence-electron chi connectivity index (χ0n) is 14.4. The first-order valence-corrected chi connectivity index (χ1v) is 10.4. The average molecular weight is 368 g/mol. The lowest BCUT2D eigenvalue weighted by Crippen LogP contribution is -2.23. The molecule has 0 amide bonds. The van der Waals surface area contributed by atoms with Crippen molar-refractivity contribution in [1.82, 2.24) is 0 Å². The molecule has 5 atom stereocenters. The molecule has 7 heteroatoms. The lowest BCUT2D eigenvalue weighted by Gasteiger charge is -2.22. The van der Waals surface area contributed by atoms with Gasteiger partial charge in [0.1, 0.15) is 15.6 Å². The van der Waals surface area contributed by atoms with E-state index in [4.69, 9.17) is 9.47 Å². The Labute approximate surface area is 148 Å². The van der Waals surface area contributed by atoms with Crippen LogP contribution in [-0.4, -0.2) is 44.2 Å². The van der Waals surface area contributed by atoms with Crippen molar-refractivity contribution in [2.45, 2.75) is 43.1 Å². The monoisotopic (exact) mass is 368 g/mol. The van der Waals surface area contributed by atoms with E-state index in [0.29, 0.717) is 36.0 Å². The molecule has 6 nitrogen and oxygen atoms in total. The van der Waals surface area contributed by atoms with Gasteiger partial charge < -0.3 is 14.6 Å². The Kier molecular flexibility index (Phi) is 5.06. The van der Waals surface area contributed by atoms with Crippen molar-refractivity contribution in [2.24, 2.45) is 11.8 Å². The van der Waals surface area contributed by atoms with E-state index in [1.54, 1.807) is 24.3 Å². The van der Waals surface area contributed by atoms with Crippen molar-refractivity contribution >= 4 is 15.8 Å². The minimum Gasteiger partial charge on any atom is -0.496 e. The van der Waals surface area contributed by atoms with Gasteiger partial charge in [-0.3, -0.25) is 0 Å². The number of methoxy groups -OCH3 is 1. The van der Waals surface area contributed by atoms with Gasteiger partial charge in [0.25, 0.3) is 0 Å². The molecule has 0 bridgehead atoms. The lowest BCUT2D eigenvalue weighted by atomic mass is 10.0. The molecule has 2 aliphatic rings. The molecule has 25 heavy (non-hydrogen) atoms. The molecule has 2 fully saturated rings. The SMILES string of the molecule is COc1ccccc1C(OC1C[C@@H]2CC(S(C)(=O)=O)C[C@@H]2C1)C(=O)O. The predicted molar refractivity (Wildman–Crippen MR) is 92.3 cm³/mol. The fraction of sp³-hybridized carbons (Fsp3) is 0.611. The number of aliphatic carboxylic acids is 1. The lowest BCUT2D eigenvalue weighted by molar-refractivity contribution is -0.155. The number of hydrogen-bond donors (Lipinski definition) is 1. The van der Waals surface area contributed by atoms with Gasteiger partial charge in [0.2, 0.25) is 0 Å². The summed E-state index contributed by atoms with van der Waals surface area (Å²) in [5.74, 6) is 0.0504. The molecule has 0 saturated heterocycles. The molecular weight excluding hydrogens is 344 g/mol. The zero-order valence-corrected chi connectivity index (χ0v) is 15.2. The number of fused-ring (bicyclic) bond motifs is 1. The molecule has 0 spiro atoms. The summed E-state index contributed by atoms with van der Waals surface area (Å²) in [7, 11) is -1.50. The van der Waals surface area contributed by atoms with Gasteiger partial charge in [0.15, 0.2) is 6.10 Å². The van der Waals surface area contributed by atoms with Gasteiger partial charge in [0, 0.05) is 11.8 Å². The first kappa shape index (κ1) is 18.2. The number of rotatable bonds is 6. The van der Waals surface area contributed by atoms with Crippen LogP contribution in [0.15, 0.2) is 24.3 Å². The number of para-hydroxylation sites is 1. The second kappa shape index (κ2) is 6.96. The number of benzene rings is 1. The van der Waals surface area contributed by atoms with E-state index in [1.807, 2.05) is 0 Å². The molecule has 3 unspecified atom stereocenters. The fourth-order valence-electron chi connectivity index (χ4n) is 4.31. The van der Waals surface area contributed by atoms with E-state index in [1.165, 1.54) is 13.4 Å². The van der Waals surface area contributed by atoms with Gasteiger partial charge >= 0.3 is 5.97 Å². The summed E-state index contributed by atoms with van der Waals surface area (Å²) < 4.78 is 34.7. The van der Waals surface area contributed by atoms with Crippen LogP contribution in [0.1, 0.15) is 37.4 Å². The molecule has 2 saturated carbocycles. The minimum atomic E-state index is -3.00. The summed E-state index contributed by atoms with van der Waals surface area (Å²) in [5, 5.41) is 9.34. The number of carboxylic acids is 1. The third kappa shape index (κ3) is 3.82. The Morgan fingerprint density at radius 2 is 1.76 bits per heavy atom. The largest absolute Gasteiger partial charge is 0.496 e. The summed E-state index contributed by atoms with van der Waals surface area (Å²) in [6.07, 6.45) is 2.82. The maximum absolute atomic E-state index is 11.7. The maximum atomic E-state index is 11.7. The summed E-state index contributed by atoms with van der Waals surface area (Å²) in [4.78, 5) is 11.7. The number of hydrogen-bond acceptors (Lipinski definition) is 5. The minimum absolute atomic E-state index is 0.165.